The quantitative estimate of drug-likeness (QED) is 0.756. The van der Waals surface area contributed by atoms with Crippen molar-refractivity contribution in [1.82, 2.24) is 5.01 Å². The predicted molar refractivity (Wildman–Crippen MR) is 103 cm³/mol. The molecule has 5 nitrogen and oxygen atoms in total. The van der Waals surface area contributed by atoms with Crippen LogP contribution in [0.15, 0.2) is 78.9 Å². The average molecular weight is 355 g/mol. The Kier molecular flexibility index (Phi) is 3.15. The Morgan fingerprint density at radius 1 is 0.741 bits per heavy atom. The molecule has 3 aromatic carbocycles. The van der Waals surface area contributed by atoms with E-state index in [2.05, 4.69) is 5.43 Å². The number of para-hydroxylation sites is 2. The van der Waals surface area contributed by atoms with E-state index in [1.165, 1.54) is 0 Å². The Labute approximate surface area is 156 Å². The molecule has 3 aromatic rings. The highest BCUT2D eigenvalue weighted by molar-refractivity contribution is 6.17. The van der Waals surface area contributed by atoms with Crippen molar-refractivity contribution < 1.29 is 9.59 Å². The van der Waals surface area contributed by atoms with Crippen LogP contribution in [-0.2, 0) is 5.66 Å². The van der Waals surface area contributed by atoms with Crippen molar-refractivity contribution >= 4 is 23.2 Å². The van der Waals surface area contributed by atoms with Crippen LogP contribution in [0.4, 0.5) is 11.4 Å². The van der Waals surface area contributed by atoms with Crippen molar-refractivity contribution in [3.63, 3.8) is 0 Å². The van der Waals surface area contributed by atoms with Gasteiger partial charge in [-0.25, -0.2) is 5.01 Å². The average Bonchev–Trinajstić information content (AvgIpc) is 2.94. The normalized spacial score (nSPS) is 20.2. The van der Waals surface area contributed by atoms with Crippen molar-refractivity contribution in [3.05, 3.63) is 95.6 Å². The van der Waals surface area contributed by atoms with Gasteiger partial charge in [-0.3, -0.25) is 19.9 Å². The van der Waals surface area contributed by atoms with Gasteiger partial charge < -0.3 is 0 Å². The van der Waals surface area contributed by atoms with E-state index < -0.39 is 5.66 Å². The number of hydrazine groups is 1. The van der Waals surface area contributed by atoms with E-state index in [-0.39, 0.29) is 11.8 Å². The van der Waals surface area contributed by atoms with Crippen LogP contribution in [0.5, 0.6) is 0 Å². The van der Waals surface area contributed by atoms with E-state index in [0.717, 1.165) is 11.3 Å². The molecule has 0 bridgehead atoms. The minimum Gasteiger partial charge on any atom is -0.293 e. The lowest BCUT2D eigenvalue weighted by atomic mass is 9.95. The molecule has 2 amide bonds. The monoisotopic (exact) mass is 355 g/mol. The van der Waals surface area contributed by atoms with Crippen LogP contribution in [0.1, 0.15) is 33.2 Å². The molecular formula is C22H17N3O2. The van der Waals surface area contributed by atoms with Crippen molar-refractivity contribution in [2.24, 2.45) is 0 Å². The van der Waals surface area contributed by atoms with Crippen LogP contribution in [0, 0.1) is 0 Å². The fourth-order valence-electron chi connectivity index (χ4n) is 4.05. The van der Waals surface area contributed by atoms with Gasteiger partial charge in [-0.15, -0.1) is 0 Å². The van der Waals surface area contributed by atoms with E-state index in [1.54, 1.807) is 16.0 Å². The van der Waals surface area contributed by atoms with Gasteiger partial charge >= 0.3 is 0 Å². The summed E-state index contributed by atoms with van der Waals surface area (Å²) in [6.45, 7) is 1.90. The van der Waals surface area contributed by atoms with Gasteiger partial charge in [-0.2, -0.15) is 0 Å². The molecule has 2 aliphatic heterocycles. The van der Waals surface area contributed by atoms with Crippen LogP contribution < -0.4 is 10.3 Å². The Hall–Kier alpha value is -3.60. The zero-order valence-electron chi connectivity index (χ0n) is 14.7. The third kappa shape index (κ3) is 1.99. The zero-order valence-corrected chi connectivity index (χ0v) is 14.7. The predicted octanol–water partition coefficient (Wildman–Crippen LogP) is 4.00. The lowest BCUT2D eigenvalue weighted by Gasteiger charge is -2.48. The number of fused-ring (bicyclic) bond motifs is 5. The molecule has 1 N–H and O–H groups in total. The topological polar surface area (TPSA) is 52.7 Å². The summed E-state index contributed by atoms with van der Waals surface area (Å²) < 4.78 is 0. The number of carbonyl (C=O) groups excluding carboxylic acids is 2. The van der Waals surface area contributed by atoms with E-state index in [1.807, 2.05) is 79.7 Å². The highest BCUT2D eigenvalue weighted by atomic mass is 16.2. The molecule has 0 fully saturated rings. The molecule has 1 unspecified atom stereocenters. The van der Waals surface area contributed by atoms with Crippen molar-refractivity contribution in [2.45, 2.75) is 12.6 Å². The summed E-state index contributed by atoms with van der Waals surface area (Å²) in [5.74, 6) is -0.273. The molecule has 132 valence electrons. The fourth-order valence-corrected chi connectivity index (χ4v) is 4.05. The van der Waals surface area contributed by atoms with E-state index in [9.17, 15) is 9.59 Å². The second kappa shape index (κ2) is 5.45. The number of hydrogen-bond donors (Lipinski definition) is 1. The summed E-state index contributed by atoms with van der Waals surface area (Å²) in [7, 11) is 0. The molecule has 0 aromatic heterocycles. The zero-order chi connectivity index (χ0) is 18.6. The number of anilines is 2. The van der Waals surface area contributed by atoms with Gasteiger partial charge in [0.1, 0.15) is 0 Å². The van der Waals surface area contributed by atoms with Gasteiger partial charge in [0, 0.05) is 11.1 Å². The number of rotatable bonds is 2. The largest absolute Gasteiger partial charge is 0.293 e. The first-order valence-electron chi connectivity index (χ1n) is 8.82. The molecular weight excluding hydrogens is 338 g/mol. The lowest BCUT2D eigenvalue weighted by Crippen LogP contribution is -2.62. The first-order valence-corrected chi connectivity index (χ1v) is 8.82. The summed E-state index contributed by atoms with van der Waals surface area (Å²) in [5, 5.41) is 1.56. The highest BCUT2D eigenvalue weighted by Crippen LogP contribution is 2.49. The molecule has 5 heteroatoms. The van der Waals surface area contributed by atoms with E-state index in [4.69, 9.17) is 0 Å². The molecule has 2 heterocycles. The summed E-state index contributed by atoms with van der Waals surface area (Å²) in [6.07, 6.45) is 0. The highest BCUT2D eigenvalue weighted by Gasteiger charge is 2.56. The number of carbonyl (C=O) groups is 2. The molecule has 5 rings (SSSR count). The number of nitrogens with zero attached hydrogens (tertiary/aromatic N) is 2. The van der Waals surface area contributed by atoms with Crippen LogP contribution in [-0.4, -0.2) is 16.8 Å². The smallest absolute Gasteiger partial charge is 0.276 e. The maximum absolute atomic E-state index is 13.4. The Bertz CT molecular complexity index is 1080. The molecule has 0 aliphatic carbocycles. The maximum atomic E-state index is 13.4. The Balaban J connectivity index is 1.76. The molecule has 0 spiro atoms. The fraction of sp³-hybridized carbons (Fsp3) is 0.0909. The number of benzene rings is 3. The minimum atomic E-state index is -0.963. The Morgan fingerprint density at radius 3 is 2.15 bits per heavy atom. The van der Waals surface area contributed by atoms with E-state index >= 15 is 0 Å². The third-order valence-corrected chi connectivity index (χ3v) is 5.33. The summed E-state index contributed by atoms with van der Waals surface area (Å²) in [6, 6.07) is 24.2. The standard InChI is InChI=1S/C22H17N3O2/c1-22-18-13-7-5-11-16(18)20(26)24(22)19-14-8-6-12-17(19)21(27)25(22)23-15-9-3-2-4-10-15/h2-14,23H,1H3. The molecule has 27 heavy (non-hydrogen) atoms. The first-order chi connectivity index (χ1) is 13.1. The summed E-state index contributed by atoms with van der Waals surface area (Å²) in [4.78, 5) is 28.4. The number of hydrogen-bond acceptors (Lipinski definition) is 3. The van der Waals surface area contributed by atoms with Crippen molar-refractivity contribution in [2.75, 3.05) is 10.3 Å². The van der Waals surface area contributed by atoms with Crippen molar-refractivity contribution in [1.29, 1.82) is 0 Å². The molecule has 0 radical (unpaired) electrons. The van der Waals surface area contributed by atoms with Crippen LogP contribution >= 0.6 is 0 Å². The van der Waals surface area contributed by atoms with Crippen LogP contribution in [0.3, 0.4) is 0 Å². The van der Waals surface area contributed by atoms with Gasteiger partial charge in [0.2, 0.25) is 0 Å². The molecule has 2 aliphatic rings. The molecule has 0 saturated heterocycles. The van der Waals surface area contributed by atoms with Gasteiger partial charge in [0.05, 0.1) is 16.9 Å². The van der Waals surface area contributed by atoms with Crippen LogP contribution in [0.2, 0.25) is 0 Å². The summed E-state index contributed by atoms with van der Waals surface area (Å²) >= 11 is 0. The maximum Gasteiger partial charge on any atom is 0.276 e. The third-order valence-electron chi connectivity index (χ3n) is 5.33. The second-order valence-electron chi connectivity index (χ2n) is 6.84. The van der Waals surface area contributed by atoms with Gasteiger partial charge in [0.15, 0.2) is 5.66 Å². The van der Waals surface area contributed by atoms with E-state index in [0.29, 0.717) is 16.8 Å². The second-order valence-corrected chi connectivity index (χ2v) is 6.84. The number of amides is 2. The molecule has 0 saturated carbocycles. The SMILES string of the molecule is CC12c3ccccc3C(=O)N1c1ccccc1C(=O)N2Nc1ccccc1. The number of nitrogens with one attached hydrogen (secondary N) is 1. The lowest BCUT2D eigenvalue weighted by molar-refractivity contribution is 0.0547. The Morgan fingerprint density at radius 2 is 1.37 bits per heavy atom. The molecule has 1 atom stereocenters. The first kappa shape index (κ1) is 15.6. The van der Waals surface area contributed by atoms with Gasteiger partial charge in [-0.1, -0.05) is 48.5 Å². The van der Waals surface area contributed by atoms with Crippen molar-refractivity contribution in [3.8, 4) is 0 Å². The van der Waals surface area contributed by atoms with Gasteiger partial charge in [-0.05, 0) is 37.3 Å². The van der Waals surface area contributed by atoms with Crippen LogP contribution in [0.25, 0.3) is 0 Å². The van der Waals surface area contributed by atoms with Gasteiger partial charge in [0.25, 0.3) is 11.8 Å². The summed E-state index contributed by atoms with van der Waals surface area (Å²) in [5.41, 5.74) is 5.61. The minimum absolute atomic E-state index is 0.104.